The number of amides is 3. The molecule has 6 atom stereocenters. The van der Waals surface area contributed by atoms with Crippen LogP contribution in [0, 0.1) is 11.8 Å². The Bertz CT molecular complexity index is 1880. The molecule has 1 aliphatic carbocycles. The summed E-state index contributed by atoms with van der Waals surface area (Å²) < 4.78 is 27.4. The van der Waals surface area contributed by atoms with E-state index in [2.05, 4.69) is 16.0 Å². The smallest absolute Gasteiger partial charge is 0.405 e. The van der Waals surface area contributed by atoms with Crippen LogP contribution < -0.4 is 31.2 Å². The van der Waals surface area contributed by atoms with Crippen molar-refractivity contribution in [1.29, 1.82) is 0 Å². The molecule has 6 N–H and O–H groups in total. The summed E-state index contributed by atoms with van der Waals surface area (Å²) in [6.07, 6.45) is 9.79. The topological polar surface area (TPSA) is 214 Å². The van der Waals surface area contributed by atoms with Crippen molar-refractivity contribution < 1.29 is 52.8 Å². The minimum atomic E-state index is -1.01. The first kappa shape index (κ1) is 48.9. The van der Waals surface area contributed by atoms with Crippen molar-refractivity contribution in [2.24, 2.45) is 17.6 Å². The van der Waals surface area contributed by atoms with Gasteiger partial charge in [0.2, 0.25) is 17.5 Å². The summed E-state index contributed by atoms with van der Waals surface area (Å²) in [7, 11) is 6.05. The highest BCUT2D eigenvalue weighted by Gasteiger charge is 2.33. The number of nitrogens with one attached hydrogen (secondary N) is 3. The van der Waals surface area contributed by atoms with Crippen LogP contribution in [0.4, 0.5) is 4.79 Å². The minimum absolute atomic E-state index is 0.145. The first-order chi connectivity index (χ1) is 28.6. The third kappa shape index (κ3) is 14.6. The molecule has 1 aromatic rings. The number of fused-ring (bicyclic) bond motifs is 2. The van der Waals surface area contributed by atoms with Crippen LogP contribution in [0.1, 0.15) is 71.8 Å². The van der Waals surface area contributed by atoms with Gasteiger partial charge in [-0.25, -0.2) is 4.79 Å². The van der Waals surface area contributed by atoms with Crippen LogP contribution in [0.5, 0.6) is 11.5 Å². The summed E-state index contributed by atoms with van der Waals surface area (Å²) in [5.41, 5.74) is 7.17. The molecule has 0 spiro atoms. The van der Waals surface area contributed by atoms with Crippen LogP contribution in [0.2, 0.25) is 0 Å². The average Bonchev–Trinajstić information content (AvgIpc) is 3.22. The predicted molar refractivity (Wildman–Crippen MR) is 228 cm³/mol. The van der Waals surface area contributed by atoms with Crippen molar-refractivity contribution in [2.75, 3.05) is 41.5 Å². The van der Waals surface area contributed by atoms with Gasteiger partial charge in [-0.1, -0.05) is 51.0 Å². The Hall–Kier alpha value is -5.51. The molecule has 0 unspecified atom stereocenters. The maximum Gasteiger partial charge on any atom is 0.405 e. The van der Waals surface area contributed by atoms with Crippen LogP contribution in [0.25, 0.3) is 6.08 Å². The number of unbranched alkanes of at least 4 members (excludes halogenated alkanes) is 3. The molecule has 0 radical (unpaired) electrons. The van der Waals surface area contributed by atoms with E-state index in [-0.39, 0.29) is 40.8 Å². The SMILES string of the molecule is COc1ccc(OC)c(/C=C/C(=O)NCCCCCCNC2=C3C[C@@H](C)C[C@H](OC)[C@H](O)[C@@H](C)/C=C(\C)[C@H](OC(N)=O)[C@@H](OC)/C=C\C=C(/C)C(=O)NC(=CC2=O)C3=O)c1. The molecule has 1 heterocycles. The van der Waals surface area contributed by atoms with Crippen LogP contribution in [0.3, 0.4) is 0 Å². The second kappa shape index (κ2) is 24.5. The molecule has 2 bridgehead atoms. The van der Waals surface area contributed by atoms with Gasteiger partial charge in [0.15, 0.2) is 6.10 Å². The zero-order valence-corrected chi connectivity index (χ0v) is 36.0. The first-order valence-electron chi connectivity index (χ1n) is 20.1. The maximum absolute atomic E-state index is 14.0. The van der Waals surface area contributed by atoms with E-state index in [0.717, 1.165) is 30.9 Å². The van der Waals surface area contributed by atoms with E-state index >= 15 is 0 Å². The van der Waals surface area contributed by atoms with Gasteiger partial charge in [0.25, 0.3) is 5.91 Å². The zero-order valence-electron chi connectivity index (χ0n) is 36.0. The number of primary amides is 1. The number of aliphatic hydroxyl groups excluding tert-OH is 1. The van der Waals surface area contributed by atoms with Crippen molar-refractivity contribution in [1.82, 2.24) is 16.0 Å². The van der Waals surface area contributed by atoms with Gasteiger partial charge < -0.3 is 50.5 Å². The normalized spacial score (nSPS) is 25.6. The summed E-state index contributed by atoms with van der Waals surface area (Å²) in [5, 5.41) is 20.1. The number of nitrogens with two attached hydrogens (primary N) is 1. The molecule has 328 valence electrons. The highest BCUT2D eigenvalue weighted by atomic mass is 16.6. The molecular formula is C45H62N4O11. The van der Waals surface area contributed by atoms with Gasteiger partial charge in [-0.3, -0.25) is 19.2 Å². The van der Waals surface area contributed by atoms with Crippen molar-refractivity contribution in [3.63, 3.8) is 0 Å². The number of hydrogen-bond donors (Lipinski definition) is 5. The van der Waals surface area contributed by atoms with Gasteiger partial charge >= 0.3 is 6.09 Å². The second-order valence-electron chi connectivity index (χ2n) is 15.0. The van der Waals surface area contributed by atoms with Crippen LogP contribution >= 0.6 is 0 Å². The molecule has 15 nitrogen and oxygen atoms in total. The molecule has 1 aromatic carbocycles. The lowest BCUT2D eigenvalue weighted by Gasteiger charge is -2.30. The van der Waals surface area contributed by atoms with Gasteiger partial charge in [0.05, 0.1) is 37.8 Å². The van der Waals surface area contributed by atoms with Gasteiger partial charge in [-0.2, -0.15) is 0 Å². The number of ether oxygens (including phenoxy) is 5. The second-order valence-corrected chi connectivity index (χ2v) is 15.0. The molecule has 0 saturated heterocycles. The van der Waals surface area contributed by atoms with Gasteiger partial charge in [-0.05, 0) is 75.3 Å². The summed E-state index contributed by atoms with van der Waals surface area (Å²) in [6.45, 7) is 7.89. The van der Waals surface area contributed by atoms with Crippen LogP contribution in [0.15, 0.2) is 82.8 Å². The van der Waals surface area contributed by atoms with E-state index in [4.69, 9.17) is 29.4 Å². The quantitative estimate of drug-likeness (QED) is 0.0701. The van der Waals surface area contributed by atoms with E-state index in [1.807, 2.05) is 6.92 Å². The number of ketones is 2. The Morgan fingerprint density at radius 2 is 1.70 bits per heavy atom. The van der Waals surface area contributed by atoms with Crippen molar-refractivity contribution in [3.8, 4) is 11.5 Å². The van der Waals surface area contributed by atoms with E-state index < -0.39 is 53.9 Å². The summed E-state index contributed by atoms with van der Waals surface area (Å²) in [4.78, 5) is 65.2. The lowest BCUT2D eigenvalue weighted by molar-refractivity contribution is -0.120. The zero-order chi connectivity index (χ0) is 44.4. The predicted octanol–water partition coefficient (Wildman–Crippen LogP) is 4.76. The number of carbonyl (C=O) groups is 5. The number of allylic oxidation sites excluding steroid dienone is 4. The standard InChI is InChI=1S/C45H62N4O11/c1-27-22-33-40(48-21-12-10-9-11-20-47-39(51)19-16-31-25-32(56-5)17-18-36(31)57-6)35(50)26-34(42(33)53)49-44(54)28(2)14-13-15-37(58-7)43(60-45(46)55)30(4)24-29(3)41(52)38(23-27)59-8/h13-19,24-27,29,37-38,41,43,48,52H,9-12,20-23H2,1-8H3,(H2,46,55)(H,47,51)(H,49,54)/b15-13-,19-16+,28-14+,30-24+/t27-,29+,37+,38+,41-,43+/m1/s1. The molecule has 3 rings (SSSR count). The van der Waals surface area contributed by atoms with Crippen LogP contribution in [-0.4, -0.2) is 101 Å². The van der Waals surface area contributed by atoms with Crippen LogP contribution in [-0.2, 0) is 33.4 Å². The molecule has 15 heteroatoms. The largest absolute Gasteiger partial charge is 0.497 e. The average molecular weight is 835 g/mol. The van der Waals surface area contributed by atoms with Crippen molar-refractivity contribution in [3.05, 3.63) is 88.3 Å². The Morgan fingerprint density at radius 3 is 2.35 bits per heavy atom. The third-order valence-corrected chi connectivity index (χ3v) is 10.3. The molecule has 3 amide bonds. The van der Waals surface area contributed by atoms with E-state index in [9.17, 15) is 29.1 Å². The lowest BCUT2D eigenvalue weighted by atomic mass is 9.85. The number of Topliss-reactive ketones (excluding diaryl/α,β-unsaturated/α-hetero) is 1. The Balaban J connectivity index is 1.73. The number of hydrogen-bond acceptors (Lipinski definition) is 12. The number of benzene rings is 1. The van der Waals surface area contributed by atoms with Gasteiger partial charge in [0.1, 0.15) is 17.6 Å². The first-order valence-corrected chi connectivity index (χ1v) is 20.1. The molecule has 60 heavy (non-hydrogen) atoms. The Labute approximate surface area is 353 Å². The van der Waals surface area contributed by atoms with Crippen molar-refractivity contribution >= 4 is 35.6 Å². The third-order valence-electron chi connectivity index (χ3n) is 10.3. The van der Waals surface area contributed by atoms with Gasteiger partial charge in [0, 0.05) is 62.1 Å². The van der Waals surface area contributed by atoms with Crippen molar-refractivity contribution in [2.45, 2.75) is 90.6 Å². The number of aliphatic hydroxyl groups is 1. The molecule has 0 fully saturated rings. The molecule has 1 aliphatic heterocycles. The summed E-state index contributed by atoms with van der Waals surface area (Å²) in [6, 6.07) is 5.33. The highest BCUT2D eigenvalue weighted by Crippen LogP contribution is 2.29. The molecule has 0 saturated carbocycles. The van der Waals surface area contributed by atoms with E-state index in [1.165, 1.54) is 26.4 Å². The van der Waals surface area contributed by atoms with Gasteiger partial charge in [-0.15, -0.1) is 0 Å². The lowest BCUT2D eigenvalue weighted by Crippen LogP contribution is -2.38. The highest BCUT2D eigenvalue weighted by molar-refractivity contribution is 6.23. The fourth-order valence-electron chi connectivity index (χ4n) is 7.00. The number of rotatable bonds is 15. The molecule has 0 aromatic heterocycles. The molecule has 2 aliphatic rings. The van der Waals surface area contributed by atoms with E-state index in [0.29, 0.717) is 43.0 Å². The fourth-order valence-corrected chi connectivity index (χ4v) is 7.00. The summed E-state index contributed by atoms with van der Waals surface area (Å²) in [5.74, 6) is -1.20. The Kier molecular flexibility index (Phi) is 20.0. The Morgan fingerprint density at radius 1 is 0.983 bits per heavy atom. The monoisotopic (exact) mass is 834 g/mol. The summed E-state index contributed by atoms with van der Waals surface area (Å²) >= 11 is 0. The number of carbonyl (C=O) groups excluding carboxylic acids is 5. The maximum atomic E-state index is 14.0. The molecular weight excluding hydrogens is 773 g/mol. The minimum Gasteiger partial charge on any atom is -0.497 e. The van der Waals surface area contributed by atoms with E-state index in [1.54, 1.807) is 77.5 Å². The fraction of sp³-hybridized carbons (Fsp3) is 0.489. The number of methoxy groups -OCH3 is 4.